The summed E-state index contributed by atoms with van der Waals surface area (Å²) in [6.45, 7) is 2.28. The first kappa shape index (κ1) is 15.1. The molecule has 0 bridgehead atoms. The van der Waals surface area contributed by atoms with Gasteiger partial charge in [-0.3, -0.25) is 9.59 Å². The molecule has 1 aromatic rings. The minimum absolute atomic E-state index is 0.0579. The smallest absolute Gasteiger partial charge is 0.238 e. The lowest BCUT2D eigenvalue weighted by Crippen LogP contribution is -2.44. The summed E-state index contributed by atoms with van der Waals surface area (Å²) >= 11 is 0. The van der Waals surface area contributed by atoms with E-state index < -0.39 is 5.41 Å². The molecule has 1 saturated carbocycles. The molecule has 0 atom stereocenters. The van der Waals surface area contributed by atoms with E-state index in [-0.39, 0.29) is 11.8 Å². The number of amides is 2. The summed E-state index contributed by atoms with van der Waals surface area (Å²) in [7, 11) is 0. The Morgan fingerprint density at radius 1 is 1.09 bits per heavy atom. The number of carbonyl (C=O) groups excluding carboxylic acids is 2. The average molecular weight is 300 g/mol. The number of aryl methyl sites for hydroxylation is 1. The molecule has 1 N–H and O–H groups in total. The largest absolute Gasteiger partial charge is 0.355 e. The molecule has 4 nitrogen and oxygen atoms in total. The second-order valence-corrected chi connectivity index (χ2v) is 6.43. The Labute approximate surface area is 131 Å². The molecular weight excluding hydrogens is 276 g/mol. The van der Waals surface area contributed by atoms with E-state index in [1.807, 2.05) is 23.1 Å². The van der Waals surface area contributed by atoms with Gasteiger partial charge in [0.05, 0.1) is 0 Å². The van der Waals surface area contributed by atoms with Crippen LogP contribution < -0.4 is 5.32 Å². The van der Waals surface area contributed by atoms with E-state index in [1.54, 1.807) is 0 Å². The molecule has 1 aliphatic carbocycles. The quantitative estimate of drug-likeness (QED) is 0.646. The van der Waals surface area contributed by atoms with Crippen LogP contribution in [0, 0.1) is 5.41 Å². The number of rotatable bonds is 6. The highest BCUT2D eigenvalue weighted by atomic mass is 16.2. The molecule has 2 aliphatic rings. The molecule has 0 spiro atoms. The maximum Gasteiger partial charge on any atom is 0.238 e. The standard InChI is InChI=1S/C18H24N2O2/c21-16(19-12-6-9-15-7-2-1-3-8-15)18(10-11-18)17(22)20-13-4-5-14-20/h1-3,7-8H,4-6,9-14H2,(H,19,21). The van der Waals surface area contributed by atoms with Gasteiger partial charge in [-0.1, -0.05) is 30.3 Å². The zero-order chi connectivity index (χ0) is 15.4. The average Bonchev–Trinajstić information content (AvgIpc) is 3.19. The number of carbonyl (C=O) groups is 2. The lowest BCUT2D eigenvalue weighted by molar-refractivity contribution is -0.143. The van der Waals surface area contributed by atoms with E-state index in [1.165, 1.54) is 5.56 Å². The molecule has 2 fully saturated rings. The molecule has 2 amide bonds. The molecule has 4 heteroatoms. The molecule has 118 valence electrons. The monoisotopic (exact) mass is 300 g/mol. The third-order valence-electron chi connectivity index (χ3n) is 4.76. The minimum Gasteiger partial charge on any atom is -0.355 e. The summed E-state index contributed by atoms with van der Waals surface area (Å²) in [6.07, 6.45) is 5.43. The fourth-order valence-electron chi connectivity index (χ4n) is 3.19. The van der Waals surface area contributed by atoms with Crippen LogP contribution in [0.5, 0.6) is 0 Å². The molecule has 3 rings (SSSR count). The molecule has 1 aromatic carbocycles. The lowest BCUT2D eigenvalue weighted by atomic mass is 10.0. The zero-order valence-electron chi connectivity index (χ0n) is 13.0. The summed E-state index contributed by atoms with van der Waals surface area (Å²) in [5.41, 5.74) is 0.558. The maximum absolute atomic E-state index is 12.5. The number of nitrogens with zero attached hydrogens (tertiary/aromatic N) is 1. The molecule has 1 heterocycles. The highest BCUT2D eigenvalue weighted by molar-refractivity contribution is 6.07. The second-order valence-electron chi connectivity index (χ2n) is 6.43. The Kier molecular flexibility index (Phi) is 4.46. The van der Waals surface area contributed by atoms with Crippen molar-refractivity contribution in [2.24, 2.45) is 5.41 Å². The van der Waals surface area contributed by atoms with Crippen LogP contribution in [-0.2, 0) is 16.0 Å². The van der Waals surface area contributed by atoms with Gasteiger partial charge in [0.15, 0.2) is 0 Å². The van der Waals surface area contributed by atoms with Gasteiger partial charge in [-0.2, -0.15) is 0 Å². The summed E-state index contributed by atoms with van der Waals surface area (Å²) in [5, 5.41) is 2.97. The van der Waals surface area contributed by atoms with E-state index in [9.17, 15) is 9.59 Å². The van der Waals surface area contributed by atoms with Gasteiger partial charge in [0.2, 0.25) is 11.8 Å². The summed E-state index contributed by atoms with van der Waals surface area (Å²) in [5.74, 6) is 0.00280. The van der Waals surface area contributed by atoms with E-state index in [0.29, 0.717) is 19.4 Å². The number of hydrogen-bond donors (Lipinski definition) is 1. The van der Waals surface area contributed by atoms with E-state index >= 15 is 0 Å². The molecular formula is C18H24N2O2. The van der Waals surface area contributed by atoms with Crippen molar-refractivity contribution >= 4 is 11.8 Å². The molecule has 1 aliphatic heterocycles. The third-order valence-corrected chi connectivity index (χ3v) is 4.76. The van der Waals surface area contributed by atoms with Crippen molar-refractivity contribution in [1.82, 2.24) is 10.2 Å². The van der Waals surface area contributed by atoms with Gasteiger partial charge in [-0.25, -0.2) is 0 Å². The maximum atomic E-state index is 12.5. The summed E-state index contributed by atoms with van der Waals surface area (Å²) in [4.78, 5) is 26.7. The SMILES string of the molecule is O=C(NCCCc1ccccc1)C1(C(=O)N2CCCC2)CC1. The topological polar surface area (TPSA) is 49.4 Å². The van der Waals surface area contributed by atoms with E-state index in [2.05, 4.69) is 17.4 Å². The summed E-state index contributed by atoms with van der Waals surface area (Å²) in [6, 6.07) is 10.3. The van der Waals surface area contributed by atoms with E-state index in [4.69, 9.17) is 0 Å². The van der Waals surface area contributed by atoms with Crippen LogP contribution in [-0.4, -0.2) is 36.3 Å². The van der Waals surface area contributed by atoms with Crippen LogP contribution in [0.3, 0.4) is 0 Å². The second kappa shape index (κ2) is 6.51. The van der Waals surface area contributed by atoms with Crippen molar-refractivity contribution < 1.29 is 9.59 Å². The normalized spacial score (nSPS) is 19.0. The van der Waals surface area contributed by atoms with Gasteiger partial charge < -0.3 is 10.2 Å². The van der Waals surface area contributed by atoms with Crippen molar-refractivity contribution in [1.29, 1.82) is 0 Å². The van der Waals surface area contributed by atoms with Crippen LogP contribution in [0.15, 0.2) is 30.3 Å². The van der Waals surface area contributed by atoms with Crippen LogP contribution in [0.1, 0.15) is 37.7 Å². The third kappa shape index (κ3) is 3.16. The van der Waals surface area contributed by atoms with Crippen LogP contribution in [0.2, 0.25) is 0 Å². The van der Waals surface area contributed by atoms with E-state index in [0.717, 1.165) is 38.8 Å². The van der Waals surface area contributed by atoms with Crippen LogP contribution in [0.4, 0.5) is 0 Å². The number of likely N-dealkylation sites (tertiary alicyclic amines) is 1. The van der Waals surface area contributed by atoms with Gasteiger partial charge in [0.1, 0.15) is 5.41 Å². The Morgan fingerprint density at radius 2 is 1.77 bits per heavy atom. The fraction of sp³-hybridized carbons (Fsp3) is 0.556. The van der Waals surface area contributed by atoms with Gasteiger partial charge in [-0.15, -0.1) is 0 Å². The number of benzene rings is 1. The Bertz CT molecular complexity index is 531. The zero-order valence-corrected chi connectivity index (χ0v) is 13.0. The summed E-state index contributed by atoms with van der Waals surface area (Å²) < 4.78 is 0. The van der Waals surface area contributed by atoms with Crippen molar-refractivity contribution in [3.8, 4) is 0 Å². The lowest BCUT2D eigenvalue weighted by Gasteiger charge is -2.22. The Hall–Kier alpha value is -1.84. The molecule has 22 heavy (non-hydrogen) atoms. The number of hydrogen-bond acceptors (Lipinski definition) is 2. The molecule has 0 aromatic heterocycles. The molecule has 1 saturated heterocycles. The number of nitrogens with one attached hydrogen (secondary N) is 1. The van der Waals surface area contributed by atoms with Crippen LogP contribution >= 0.6 is 0 Å². The predicted octanol–water partition coefficient (Wildman–Crippen LogP) is 2.14. The first-order valence-electron chi connectivity index (χ1n) is 8.34. The van der Waals surface area contributed by atoms with Gasteiger partial charge in [0, 0.05) is 19.6 Å². The van der Waals surface area contributed by atoms with Crippen molar-refractivity contribution in [2.75, 3.05) is 19.6 Å². The van der Waals surface area contributed by atoms with Gasteiger partial charge >= 0.3 is 0 Å². The first-order valence-corrected chi connectivity index (χ1v) is 8.34. The highest BCUT2D eigenvalue weighted by Crippen LogP contribution is 2.47. The van der Waals surface area contributed by atoms with Crippen molar-refractivity contribution in [3.05, 3.63) is 35.9 Å². The van der Waals surface area contributed by atoms with Crippen molar-refractivity contribution in [2.45, 2.75) is 38.5 Å². The Balaban J connectivity index is 1.44. The van der Waals surface area contributed by atoms with Crippen molar-refractivity contribution in [3.63, 3.8) is 0 Å². The first-order chi connectivity index (χ1) is 10.7. The van der Waals surface area contributed by atoms with Crippen LogP contribution in [0.25, 0.3) is 0 Å². The highest BCUT2D eigenvalue weighted by Gasteiger charge is 2.57. The molecule has 0 radical (unpaired) electrons. The van der Waals surface area contributed by atoms with Gasteiger partial charge in [-0.05, 0) is 44.1 Å². The minimum atomic E-state index is -0.725. The van der Waals surface area contributed by atoms with Gasteiger partial charge in [0.25, 0.3) is 0 Å². The predicted molar refractivity (Wildman–Crippen MR) is 85.3 cm³/mol. The molecule has 0 unspecified atom stereocenters. The Morgan fingerprint density at radius 3 is 2.41 bits per heavy atom. The fourth-order valence-corrected chi connectivity index (χ4v) is 3.19.